The highest BCUT2D eigenvalue weighted by Crippen LogP contribution is 2.66. The summed E-state index contributed by atoms with van der Waals surface area (Å²) in [4.78, 5) is 23.7. The van der Waals surface area contributed by atoms with Crippen LogP contribution in [0, 0.1) is 32.8 Å². The van der Waals surface area contributed by atoms with E-state index in [1.807, 2.05) is 0 Å². The summed E-state index contributed by atoms with van der Waals surface area (Å²) in [5.74, 6) is 0.857. The zero-order valence-electron chi connectivity index (χ0n) is 18.1. The molecule has 1 spiro atoms. The summed E-state index contributed by atoms with van der Waals surface area (Å²) in [6, 6.07) is 1.55. The van der Waals surface area contributed by atoms with Crippen molar-refractivity contribution in [2.45, 2.75) is 78.0 Å². The van der Waals surface area contributed by atoms with Crippen LogP contribution in [-0.4, -0.2) is 27.6 Å². The molecule has 0 radical (unpaired) electrons. The van der Waals surface area contributed by atoms with Crippen LogP contribution in [0.1, 0.15) is 74.9 Å². The molecule has 5 rings (SSSR count). The van der Waals surface area contributed by atoms with Gasteiger partial charge >= 0.3 is 0 Å². The highest BCUT2D eigenvalue weighted by molar-refractivity contribution is 6.03. The first kappa shape index (κ1) is 19.8. The molecule has 1 aromatic carbocycles. The van der Waals surface area contributed by atoms with Gasteiger partial charge in [0.15, 0.2) is 0 Å². The lowest BCUT2D eigenvalue weighted by Gasteiger charge is -2.66. The maximum absolute atomic E-state index is 12.4. The summed E-state index contributed by atoms with van der Waals surface area (Å²) in [6.07, 6.45) is 3.64. The molecule has 2 heterocycles. The van der Waals surface area contributed by atoms with E-state index in [2.05, 4.69) is 33.0 Å². The number of nitro benzene ring substituents is 1. The molecule has 1 aromatic rings. The van der Waals surface area contributed by atoms with Crippen LogP contribution in [0.2, 0.25) is 0 Å². The first-order valence-electron chi connectivity index (χ1n) is 11.0. The molecule has 5 atom stereocenters. The molecular formula is C23H30N2O5. The topological polar surface area (TPSA) is 102 Å². The lowest BCUT2D eigenvalue weighted by Crippen LogP contribution is -2.70. The summed E-state index contributed by atoms with van der Waals surface area (Å²) in [5, 5.41) is 25.4. The Bertz CT molecular complexity index is 973. The first-order chi connectivity index (χ1) is 14.0. The fourth-order valence-corrected chi connectivity index (χ4v) is 7.33. The highest BCUT2D eigenvalue weighted by Gasteiger charge is 2.67. The van der Waals surface area contributed by atoms with Gasteiger partial charge in [-0.05, 0) is 37.0 Å². The van der Waals surface area contributed by atoms with Gasteiger partial charge in [0.2, 0.25) is 0 Å². The van der Waals surface area contributed by atoms with Crippen LogP contribution in [0.4, 0.5) is 5.69 Å². The summed E-state index contributed by atoms with van der Waals surface area (Å²) in [5.41, 5.74) is 0.550. The van der Waals surface area contributed by atoms with Crippen LogP contribution in [0.15, 0.2) is 6.07 Å². The van der Waals surface area contributed by atoms with Gasteiger partial charge in [-0.1, -0.05) is 27.7 Å². The number of nitrogens with zero attached hydrogens (tertiary/aromatic N) is 1. The molecule has 7 heteroatoms. The molecule has 0 saturated heterocycles. The predicted octanol–water partition coefficient (Wildman–Crippen LogP) is 3.75. The Morgan fingerprint density at radius 3 is 2.70 bits per heavy atom. The monoisotopic (exact) mass is 414 g/mol. The highest BCUT2D eigenvalue weighted by atomic mass is 16.6. The number of aliphatic hydroxyl groups is 1. The molecule has 30 heavy (non-hydrogen) atoms. The zero-order valence-corrected chi connectivity index (χ0v) is 18.1. The number of hydrogen-bond acceptors (Lipinski definition) is 5. The number of ether oxygens (including phenoxy) is 1. The number of carbonyl (C=O) groups excluding carboxylic acids is 1. The second kappa shape index (κ2) is 5.96. The van der Waals surface area contributed by atoms with Crippen LogP contribution >= 0.6 is 0 Å². The largest absolute Gasteiger partial charge is 0.486 e. The zero-order chi connectivity index (χ0) is 21.6. The molecule has 2 saturated carbocycles. The third kappa shape index (κ3) is 2.33. The lowest BCUT2D eigenvalue weighted by molar-refractivity contribution is -0.385. The van der Waals surface area contributed by atoms with Gasteiger partial charge in [-0.15, -0.1) is 0 Å². The summed E-state index contributed by atoms with van der Waals surface area (Å²) < 4.78 is 6.96. The first-order valence-corrected chi connectivity index (χ1v) is 11.0. The Balaban J connectivity index is 1.75. The van der Waals surface area contributed by atoms with Crippen LogP contribution in [0.5, 0.6) is 5.75 Å². The number of carbonyl (C=O) groups is 1. The van der Waals surface area contributed by atoms with Gasteiger partial charge in [0.05, 0.1) is 11.0 Å². The minimum Gasteiger partial charge on any atom is -0.486 e. The molecule has 2 fully saturated rings. The van der Waals surface area contributed by atoms with Crippen molar-refractivity contribution in [3.05, 3.63) is 32.9 Å². The van der Waals surface area contributed by atoms with E-state index in [0.29, 0.717) is 30.1 Å². The molecule has 0 bridgehead atoms. The number of nitrogens with one attached hydrogen (secondary N) is 1. The van der Waals surface area contributed by atoms with Gasteiger partial charge in [0.1, 0.15) is 16.9 Å². The Hall–Kier alpha value is -2.15. The molecule has 7 nitrogen and oxygen atoms in total. The fraction of sp³-hybridized carbons (Fsp3) is 0.696. The van der Waals surface area contributed by atoms with Crippen LogP contribution in [0.25, 0.3) is 0 Å². The number of nitro groups is 1. The third-order valence-electron chi connectivity index (χ3n) is 8.88. The van der Waals surface area contributed by atoms with Gasteiger partial charge in [-0.3, -0.25) is 14.9 Å². The van der Waals surface area contributed by atoms with Crippen molar-refractivity contribution in [2.24, 2.45) is 22.7 Å². The number of hydrogen-bond donors (Lipinski definition) is 2. The van der Waals surface area contributed by atoms with Gasteiger partial charge in [-0.2, -0.15) is 0 Å². The van der Waals surface area contributed by atoms with E-state index >= 15 is 0 Å². The molecule has 2 aliphatic carbocycles. The van der Waals surface area contributed by atoms with Crippen molar-refractivity contribution in [3.63, 3.8) is 0 Å². The van der Waals surface area contributed by atoms with E-state index in [9.17, 15) is 20.0 Å². The summed E-state index contributed by atoms with van der Waals surface area (Å²) >= 11 is 0. The lowest BCUT2D eigenvalue weighted by atomic mass is 9.44. The van der Waals surface area contributed by atoms with Crippen LogP contribution in [-0.2, 0) is 13.0 Å². The molecule has 0 unspecified atom stereocenters. The average Bonchev–Trinajstić information content (AvgIpc) is 3.01. The normalized spacial score (nSPS) is 38.4. The van der Waals surface area contributed by atoms with E-state index in [4.69, 9.17) is 4.74 Å². The van der Waals surface area contributed by atoms with Crippen molar-refractivity contribution < 1.29 is 19.6 Å². The van der Waals surface area contributed by atoms with Gasteiger partial charge in [0.25, 0.3) is 11.6 Å². The number of fused-ring (bicyclic) bond motifs is 3. The van der Waals surface area contributed by atoms with E-state index in [-0.39, 0.29) is 34.5 Å². The molecule has 1 amide bonds. The van der Waals surface area contributed by atoms with Gasteiger partial charge in [-0.25, -0.2) is 0 Å². The number of amides is 1. The predicted molar refractivity (Wildman–Crippen MR) is 110 cm³/mol. The molecule has 2 aliphatic heterocycles. The quantitative estimate of drug-likeness (QED) is 0.538. The molecule has 162 valence electrons. The number of aliphatic hydroxyl groups excluding tert-OH is 1. The van der Waals surface area contributed by atoms with Crippen molar-refractivity contribution in [3.8, 4) is 5.75 Å². The Kier molecular flexibility index (Phi) is 3.93. The van der Waals surface area contributed by atoms with Crippen molar-refractivity contribution in [1.82, 2.24) is 5.32 Å². The van der Waals surface area contributed by atoms with Gasteiger partial charge < -0.3 is 15.2 Å². The SMILES string of the molecule is C[C@H]1CC[C@H]2C(C)(C)C[C@@H](O)C[C@]23Oc2c(cc([N+](=O)[O-])c4c2CNC4=O)C[C@]13C. The minimum absolute atomic E-state index is 0.0748. The Labute approximate surface area is 176 Å². The van der Waals surface area contributed by atoms with Crippen LogP contribution < -0.4 is 10.1 Å². The van der Waals surface area contributed by atoms with E-state index in [0.717, 1.165) is 24.8 Å². The maximum atomic E-state index is 12.4. The van der Waals surface area contributed by atoms with Crippen molar-refractivity contribution in [1.29, 1.82) is 0 Å². The Morgan fingerprint density at radius 1 is 1.27 bits per heavy atom. The van der Waals surface area contributed by atoms with E-state index in [1.165, 1.54) is 0 Å². The van der Waals surface area contributed by atoms with Crippen LogP contribution in [0.3, 0.4) is 0 Å². The average molecular weight is 415 g/mol. The standard InChI is InChI=1S/C23H30N2O5/c1-12-5-6-17-21(2,3)9-14(26)10-23(17)22(12,4)8-13-7-16(25(28)29)18-15(19(13)30-23)11-24-20(18)27/h7,12,14,17,26H,5-6,8-11H2,1-4H3,(H,24,27)/t12-,14+,17-,22+,23-/m0/s1. The second-order valence-electron chi connectivity index (χ2n) is 10.8. The maximum Gasteiger partial charge on any atom is 0.283 e. The minimum atomic E-state index is -0.547. The number of rotatable bonds is 1. The smallest absolute Gasteiger partial charge is 0.283 e. The fourth-order valence-electron chi connectivity index (χ4n) is 7.33. The Morgan fingerprint density at radius 2 is 2.00 bits per heavy atom. The third-order valence-corrected chi connectivity index (χ3v) is 8.88. The van der Waals surface area contributed by atoms with Gasteiger partial charge in [0, 0.05) is 41.5 Å². The van der Waals surface area contributed by atoms with E-state index < -0.39 is 22.5 Å². The van der Waals surface area contributed by atoms with Crippen molar-refractivity contribution >= 4 is 11.6 Å². The molecular weight excluding hydrogens is 384 g/mol. The van der Waals surface area contributed by atoms with Crippen molar-refractivity contribution in [2.75, 3.05) is 0 Å². The summed E-state index contributed by atoms with van der Waals surface area (Å²) in [7, 11) is 0. The number of benzene rings is 1. The van der Waals surface area contributed by atoms with E-state index in [1.54, 1.807) is 6.07 Å². The molecule has 2 N–H and O–H groups in total. The molecule has 0 aromatic heterocycles. The molecule has 4 aliphatic rings. The summed E-state index contributed by atoms with van der Waals surface area (Å²) in [6.45, 7) is 9.18. The second-order valence-corrected chi connectivity index (χ2v) is 10.8.